The van der Waals surface area contributed by atoms with Crippen molar-refractivity contribution in [3.05, 3.63) is 58.5 Å². The number of pyridine rings is 1. The maximum Gasteiger partial charge on any atom is 0.271 e. The number of anilines is 1. The Morgan fingerprint density at radius 1 is 1.10 bits per heavy atom. The van der Waals surface area contributed by atoms with Crippen molar-refractivity contribution in [2.45, 2.75) is 19.3 Å². The molecule has 0 bridgehead atoms. The zero-order valence-corrected chi connectivity index (χ0v) is 11.7. The summed E-state index contributed by atoms with van der Waals surface area (Å²) in [6.45, 7) is 0.917. The number of benzene rings is 1. The number of H-pyrrole nitrogens is 2. The second-order valence-corrected chi connectivity index (χ2v) is 5.06. The van der Waals surface area contributed by atoms with Crippen LogP contribution < -0.4 is 10.9 Å². The monoisotopic (exact) mass is 282 g/mol. The molecule has 0 atom stereocenters. The van der Waals surface area contributed by atoms with Crippen LogP contribution in [0.1, 0.15) is 18.4 Å². The van der Waals surface area contributed by atoms with Gasteiger partial charge < -0.3 is 5.32 Å². The van der Waals surface area contributed by atoms with Crippen LogP contribution in [0.25, 0.3) is 10.9 Å². The third-order valence-electron chi connectivity index (χ3n) is 3.50. The molecular weight excluding hydrogens is 264 g/mol. The maximum absolute atomic E-state index is 11.4. The molecular formula is C16H18N4O. The number of aryl methyl sites for hydroxylation is 1. The van der Waals surface area contributed by atoms with E-state index in [0.717, 1.165) is 42.5 Å². The van der Waals surface area contributed by atoms with E-state index in [9.17, 15) is 4.79 Å². The minimum atomic E-state index is -0.0592. The van der Waals surface area contributed by atoms with Crippen LogP contribution in [0, 0.1) is 0 Å². The molecule has 0 radical (unpaired) electrons. The predicted molar refractivity (Wildman–Crippen MR) is 84.6 cm³/mol. The average Bonchev–Trinajstić information content (AvgIpc) is 2.89. The second kappa shape index (κ2) is 6.26. The summed E-state index contributed by atoms with van der Waals surface area (Å²) in [5, 5.41) is 9.51. The quantitative estimate of drug-likeness (QED) is 0.609. The minimum absolute atomic E-state index is 0.0592. The van der Waals surface area contributed by atoms with Gasteiger partial charge in [0.1, 0.15) is 5.82 Å². The Bertz CT molecular complexity index is 761. The number of nitrogens with one attached hydrogen (secondary N) is 3. The van der Waals surface area contributed by atoms with Gasteiger partial charge in [0.25, 0.3) is 5.56 Å². The van der Waals surface area contributed by atoms with Crippen molar-refractivity contribution in [2.75, 3.05) is 11.9 Å². The number of hydrogen-bond acceptors (Lipinski definition) is 3. The molecule has 108 valence electrons. The topological polar surface area (TPSA) is 73.6 Å². The average molecular weight is 282 g/mol. The molecule has 21 heavy (non-hydrogen) atoms. The number of fused-ring (bicyclic) bond motifs is 1. The Balaban J connectivity index is 1.47. The summed E-state index contributed by atoms with van der Waals surface area (Å²) in [4.78, 5) is 15.6. The van der Waals surface area contributed by atoms with Crippen molar-refractivity contribution < 1.29 is 0 Å². The van der Waals surface area contributed by atoms with Crippen LogP contribution >= 0.6 is 0 Å². The largest absolute Gasteiger partial charge is 0.370 e. The first kappa shape index (κ1) is 13.4. The molecule has 3 rings (SSSR count). The highest BCUT2D eigenvalue weighted by Crippen LogP contribution is 2.12. The molecule has 0 amide bonds. The van der Waals surface area contributed by atoms with E-state index in [2.05, 4.69) is 20.5 Å². The Morgan fingerprint density at radius 3 is 2.90 bits per heavy atom. The molecule has 0 aliphatic rings. The summed E-state index contributed by atoms with van der Waals surface area (Å²) >= 11 is 0. The molecule has 5 heteroatoms. The zero-order chi connectivity index (χ0) is 14.5. The van der Waals surface area contributed by atoms with Crippen LogP contribution in [0.5, 0.6) is 0 Å². The minimum Gasteiger partial charge on any atom is -0.370 e. The van der Waals surface area contributed by atoms with Gasteiger partial charge >= 0.3 is 0 Å². The Morgan fingerprint density at radius 2 is 2.05 bits per heavy atom. The number of nitrogens with zero attached hydrogens (tertiary/aromatic N) is 1. The summed E-state index contributed by atoms with van der Waals surface area (Å²) in [5.74, 6) is 0.920. The third-order valence-corrected chi connectivity index (χ3v) is 3.50. The van der Waals surface area contributed by atoms with E-state index in [1.54, 1.807) is 6.20 Å². The molecule has 3 N–H and O–H groups in total. The summed E-state index contributed by atoms with van der Waals surface area (Å²) < 4.78 is 0. The molecule has 5 nitrogen and oxygen atoms in total. The molecule has 2 aromatic heterocycles. The highest BCUT2D eigenvalue weighted by Gasteiger charge is 2.01. The van der Waals surface area contributed by atoms with E-state index in [4.69, 9.17) is 0 Å². The lowest BCUT2D eigenvalue weighted by molar-refractivity contribution is 0.762. The first-order valence-corrected chi connectivity index (χ1v) is 7.17. The third kappa shape index (κ3) is 3.31. The van der Waals surface area contributed by atoms with E-state index >= 15 is 0 Å². The fourth-order valence-corrected chi connectivity index (χ4v) is 2.38. The van der Waals surface area contributed by atoms with Gasteiger partial charge in [0.2, 0.25) is 0 Å². The van der Waals surface area contributed by atoms with E-state index < -0.39 is 0 Å². The van der Waals surface area contributed by atoms with Crippen molar-refractivity contribution in [3.8, 4) is 0 Å². The highest BCUT2D eigenvalue weighted by molar-refractivity contribution is 5.78. The van der Waals surface area contributed by atoms with Crippen molar-refractivity contribution >= 4 is 16.7 Å². The Hall–Kier alpha value is -2.56. The summed E-state index contributed by atoms with van der Waals surface area (Å²) in [6.07, 6.45) is 4.97. The SMILES string of the molecule is O=c1[nH][nH]c2cc(CCCCNc3ccccn3)ccc12. The highest BCUT2D eigenvalue weighted by atomic mass is 16.1. The fraction of sp³-hybridized carbons (Fsp3) is 0.250. The lowest BCUT2D eigenvalue weighted by atomic mass is 10.1. The van der Waals surface area contributed by atoms with Gasteiger partial charge in [-0.15, -0.1) is 0 Å². The first-order valence-electron chi connectivity index (χ1n) is 7.17. The van der Waals surface area contributed by atoms with Gasteiger partial charge in [-0.05, 0) is 49.1 Å². The molecule has 0 saturated heterocycles. The van der Waals surface area contributed by atoms with Gasteiger partial charge in [0, 0.05) is 12.7 Å². The van der Waals surface area contributed by atoms with Crippen molar-refractivity contribution in [3.63, 3.8) is 0 Å². The van der Waals surface area contributed by atoms with Crippen LogP contribution in [0.2, 0.25) is 0 Å². The molecule has 0 aliphatic heterocycles. The molecule has 2 heterocycles. The van der Waals surface area contributed by atoms with Crippen LogP contribution in [-0.4, -0.2) is 21.7 Å². The van der Waals surface area contributed by atoms with Crippen LogP contribution in [0.4, 0.5) is 5.82 Å². The Kier molecular flexibility index (Phi) is 4.00. The molecule has 0 unspecified atom stereocenters. The molecule has 0 fully saturated rings. The summed E-state index contributed by atoms with van der Waals surface area (Å²) in [7, 11) is 0. The van der Waals surface area contributed by atoms with Crippen LogP contribution in [0.3, 0.4) is 0 Å². The lowest BCUT2D eigenvalue weighted by Gasteiger charge is -2.05. The molecule has 0 spiro atoms. The number of hydrogen-bond donors (Lipinski definition) is 3. The molecule has 0 saturated carbocycles. The predicted octanol–water partition coefficient (Wildman–Crippen LogP) is 2.69. The van der Waals surface area contributed by atoms with E-state index in [0.29, 0.717) is 0 Å². The molecule has 3 aromatic rings. The van der Waals surface area contributed by atoms with Crippen molar-refractivity contribution in [1.82, 2.24) is 15.2 Å². The van der Waals surface area contributed by atoms with Gasteiger partial charge in [0.15, 0.2) is 0 Å². The van der Waals surface area contributed by atoms with Gasteiger partial charge in [-0.2, -0.15) is 0 Å². The van der Waals surface area contributed by atoms with E-state index in [1.165, 1.54) is 5.56 Å². The summed E-state index contributed by atoms with van der Waals surface area (Å²) in [6, 6.07) is 11.8. The summed E-state index contributed by atoms with van der Waals surface area (Å²) in [5.41, 5.74) is 2.07. The van der Waals surface area contributed by atoms with Gasteiger partial charge in [-0.1, -0.05) is 12.1 Å². The van der Waals surface area contributed by atoms with E-state index in [1.807, 2.05) is 36.4 Å². The number of unbranched alkanes of at least 4 members (excludes halogenated alkanes) is 1. The maximum atomic E-state index is 11.4. The van der Waals surface area contributed by atoms with Gasteiger partial charge in [0.05, 0.1) is 10.9 Å². The fourth-order valence-electron chi connectivity index (χ4n) is 2.38. The van der Waals surface area contributed by atoms with Crippen LogP contribution in [0.15, 0.2) is 47.4 Å². The van der Waals surface area contributed by atoms with Crippen molar-refractivity contribution in [2.24, 2.45) is 0 Å². The number of rotatable bonds is 6. The Labute approximate surface area is 122 Å². The number of aromatic nitrogens is 3. The zero-order valence-electron chi connectivity index (χ0n) is 11.7. The second-order valence-electron chi connectivity index (χ2n) is 5.06. The smallest absolute Gasteiger partial charge is 0.271 e. The van der Waals surface area contributed by atoms with Gasteiger partial charge in [-0.3, -0.25) is 15.0 Å². The first-order chi connectivity index (χ1) is 10.3. The number of aromatic amines is 2. The van der Waals surface area contributed by atoms with Crippen molar-refractivity contribution in [1.29, 1.82) is 0 Å². The van der Waals surface area contributed by atoms with E-state index in [-0.39, 0.29) is 5.56 Å². The molecule has 1 aromatic carbocycles. The standard InChI is InChI=1S/C16H18N4O/c21-16-13-8-7-12(11-14(13)19-20-16)5-1-3-9-17-15-6-2-4-10-18-15/h2,4,6-8,10-11H,1,3,5,9H2,(H,17,18)(H2,19,20,21). The normalized spacial score (nSPS) is 10.9. The lowest BCUT2D eigenvalue weighted by Crippen LogP contribution is -2.03. The van der Waals surface area contributed by atoms with Crippen LogP contribution in [-0.2, 0) is 6.42 Å². The molecule has 0 aliphatic carbocycles. The van der Waals surface area contributed by atoms with Gasteiger partial charge in [-0.25, -0.2) is 4.98 Å².